The van der Waals surface area contributed by atoms with E-state index in [-0.39, 0.29) is 17.3 Å². The van der Waals surface area contributed by atoms with Gasteiger partial charge in [-0.15, -0.1) is 11.3 Å². The van der Waals surface area contributed by atoms with Crippen molar-refractivity contribution in [1.82, 2.24) is 5.32 Å². The lowest BCUT2D eigenvalue weighted by molar-refractivity contribution is -0.147. The molecule has 1 spiro atoms. The molecule has 1 saturated heterocycles. The van der Waals surface area contributed by atoms with Crippen molar-refractivity contribution in [2.45, 2.75) is 44.1 Å². The standard InChI is InChI=1S/C14H17NO3S/c1-2-18-13(17)12-14(8-11(16)15-12)6-3-4-10-9(14)5-7-19-10/h5,7,12H,2-4,6,8H2,1H3,(H,15,16). The molecule has 0 radical (unpaired) electrons. The summed E-state index contributed by atoms with van der Waals surface area (Å²) in [5.74, 6) is -0.343. The van der Waals surface area contributed by atoms with Crippen LogP contribution in [-0.2, 0) is 26.2 Å². The number of amides is 1. The molecule has 19 heavy (non-hydrogen) atoms. The zero-order valence-electron chi connectivity index (χ0n) is 10.9. The smallest absolute Gasteiger partial charge is 0.329 e. The van der Waals surface area contributed by atoms with Crippen LogP contribution in [-0.4, -0.2) is 24.5 Å². The van der Waals surface area contributed by atoms with Crippen molar-refractivity contribution in [3.63, 3.8) is 0 Å². The maximum atomic E-state index is 12.2. The SMILES string of the molecule is CCOC(=O)C1NC(=O)CC12CCCc1sccc12. The van der Waals surface area contributed by atoms with Crippen LogP contribution < -0.4 is 5.32 Å². The first kappa shape index (κ1) is 12.7. The molecule has 2 aliphatic rings. The Kier molecular flexibility index (Phi) is 3.09. The van der Waals surface area contributed by atoms with Crippen LogP contribution in [0.1, 0.15) is 36.6 Å². The summed E-state index contributed by atoms with van der Waals surface area (Å²) >= 11 is 1.72. The first-order chi connectivity index (χ1) is 9.17. The summed E-state index contributed by atoms with van der Waals surface area (Å²) in [5.41, 5.74) is 0.803. The average molecular weight is 279 g/mol. The number of hydrogen-bond acceptors (Lipinski definition) is 4. The molecule has 4 nitrogen and oxygen atoms in total. The highest BCUT2D eigenvalue weighted by Crippen LogP contribution is 2.47. The van der Waals surface area contributed by atoms with Gasteiger partial charge in [-0.3, -0.25) is 4.79 Å². The van der Waals surface area contributed by atoms with E-state index in [1.54, 1.807) is 18.3 Å². The van der Waals surface area contributed by atoms with Crippen molar-refractivity contribution < 1.29 is 14.3 Å². The Morgan fingerprint density at radius 2 is 2.47 bits per heavy atom. The van der Waals surface area contributed by atoms with E-state index < -0.39 is 6.04 Å². The van der Waals surface area contributed by atoms with Crippen molar-refractivity contribution in [2.24, 2.45) is 0 Å². The summed E-state index contributed by atoms with van der Waals surface area (Å²) in [5, 5.41) is 4.88. The van der Waals surface area contributed by atoms with Crippen molar-refractivity contribution in [1.29, 1.82) is 0 Å². The number of fused-ring (bicyclic) bond motifs is 2. The fourth-order valence-electron chi connectivity index (χ4n) is 3.41. The third-order valence-corrected chi connectivity index (χ3v) is 5.15. The Balaban J connectivity index is 2.02. The zero-order chi connectivity index (χ0) is 13.5. The minimum absolute atomic E-state index is 0.0443. The van der Waals surface area contributed by atoms with E-state index >= 15 is 0 Å². The third-order valence-electron chi connectivity index (χ3n) is 4.16. The number of carbonyl (C=O) groups is 2. The minimum Gasteiger partial charge on any atom is -0.464 e. The molecule has 5 heteroatoms. The average Bonchev–Trinajstić information content (AvgIpc) is 2.96. The normalized spacial score (nSPS) is 29.1. The van der Waals surface area contributed by atoms with Gasteiger partial charge in [-0.25, -0.2) is 4.79 Å². The van der Waals surface area contributed by atoms with Crippen LogP contribution in [0.3, 0.4) is 0 Å². The molecule has 1 aliphatic heterocycles. The number of rotatable bonds is 2. The number of thiophene rings is 1. The van der Waals surface area contributed by atoms with Crippen LogP contribution in [0.4, 0.5) is 0 Å². The van der Waals surface area contributed by atoms with E-state index in [9.17, 15) is 9.59 Å². The summed E-state index contributed by atoms with van der Waals surface area (Å²) in [6.07, 6.45) is 3.36. The molecule has 1 N–H and O–H groups in total. The van der Waals surface area contributed by atoms with E-state index in [0.29, 0.717) is 13.0 Å². The highest BCUT2D eigenvalue weighted by atomic mass is 32.1. The van der Waals surface area contributed by atoms with Gasteiger partial charge in [0.05, 0.1) is 6.61 Å². The first-order valence-corrected chi connectivity index (χ1v) is 7.58. The Bertz CT molecular complexity index is 525. The number of hydrogen-bond donors (Lipinski definition) is 1. The second-order valence-corrected chi connectivity index (χ2v) is 6.20. The molecular weight excluding hydrogens is 262 g/mol. The van der Waals surface area contributed by atoms with Gasteiger partial charge in [0.2, 0.25) is 5.91 Å². The van der Waals surface area contributed by atoms with Gasteiger partial charge in [-0.1, -0.05) is 0 Å². The molecule has 102 valence electrons. The highest BCUT2D eigenvalue weighted by molar-refractivity contribution is 7.10. The fraction of sp³-hybridized carbons (Fsp3) is 0.571. The van der Waals surface area contributed by atoms with Gasteiger partial charge in [-0.05, 0) is 43.2 Å². The van der Waals surface area contributed by atoms with Gasteiger partial charge in [0.1, 0.15) is 6.04 Å². The molecule has 3 rings (SSSR count). The highest BCUT2D eigenvalue weighted by Gasteiger charge is 2.54. The summed E-state index contributed by atoms with van der Waals surface area (Å²) in [4.78, 5) is 25.3. The monoisotopic (exact) mass is 279 g/mol. The van der Waals surface area contributed by atoms with Gasteiger partial charge in [0.25, 0.3) is 0 Å². The Morgan fingerprint density at radius 3 is 3.26 bits per heavy atom. The number of nitrogens with one attached hydrogen (secondary N) is 1. The van der Waals surface area contributed by atoms with Crippen molar-refractivity contribution in [3.05, 3.63) is 21.9 Å². The molecule has 1 aliphatic carbocycles. The first-order valence-electron chi connectivity index (χ1n) is 6.70. The molecule has 2 unspecified atom stereocenters. The number of carbonyl (C=O) groups excluding carboxylic acids is 2. The number of aryl methyl sites for hydroxylation is 1. The predicted octanol–water partition coefficient (Wildman–Crippen LogP) is 1.77. The lowest BCUT2D eigenvalue weighted by Gasteiger charge is -2.36. The summed E-state index contributed by atoms with van der Waals surface area (Å²) in [6.45, 7) is 2.13. The quantitative estimate of drug-likeness (QED) is 0.840. The molecular formula is C14H17NO3S. The van der Waals surface area contributed by atoms with E-state index in [1.807, 2.05) is 0 Å². The lowest BCUT2D eigenvalue weighted by atomic mass is 9.67. The number of ether oxygens (including phenoxy) is 1. The number of esters is 1. The van der Waals surface area contributed by atoms with Crippen LogP contribution in [0.5, 0.6) is 0 Å². The van der Waals surface area contributed by atoms with E-state index in [0.717, 1.165) is 19.3 Å². The molecule has 2 heterocycles. The van der Waals surface area contributed by atoms with Crippen LogP contribution in [0.2, 0.25) is 0 Å². The molecule has 1 aromatic rings. The van der Waals surface area contributed by atoms with Crippen LogP contribution in [0.25, 0.3) is 0 Å². The molecule has 1 amide bonds. The van der Waals surface area contributed by atoms with Gasteiger partial charge in [0, 0.05) is 16.7 Å². The van der Waals surface area contributed by atoms with Crippen LogP contribution >= 0.6 is 11.3 Å². The fourth-order valence-corrected chi connectivity index (χ4v) is 4.44. The maximum absolute atomic E-state index is 12.2. The van der Waals surface area contributed by atoms with E-state index in [2.05, 4.69) is 16.8 Å². The Morgan fingerprint density at radius 1 is 1.63 bits per heavy atom. The van der Waals surface area contributed by atoms with Crippen LogP contribution in [0.15, 0.2) is 11.4 Å². The Labute approximate surface area is 116 Å². The molecule has 0 bridgehead atoms. The van der Waals surface area contributed by atoms with E-state index in [4.69, 9.17) is 4.74 Å². The third kappa shape index (κ3) is 1.87. The maximum Gasteiger partial charge on any atom is 0.329 e. The summed E-state index contributed by atoms with van der Waals surface area (Å²) in [6, 6.07) is 1.56. The van der Waals surface area contributed by atoms with Gasteiger partial charge in [-0.2, -0.15) is 0 Å². The lowest BCUT2D eigenvalue weighted by Crippen LogP contribution is -2.48. The van der Waals surface area contributed by atoms with Crippen LogP contribution in [0, 0.1) is 0 Å². The predicted molar refractivity (Wildman–Crippen MR) is 72.1 cm³/mol. The Hall–Kier alpha value is -1.36. The largest absolute Gasteiger partial charge is 0.464 e. The second kappa shape index (κ2) is 4.63. The van der Waals surface area contributed by atoms with Gasteiger partial charge in [0.15, 0.2) is 0 Å². The second-order valence-electron chi connectivity index (χ2n) is 5.20. The summed E-state index contributed by atoms with van der Waals surface area (Å²) < 4.78 is 5.14. The molecule has 0 saturated carbocycles. The van der Waals surface area contributed by atoms with Crippen molar-refractivity contribution >= 4 is 23.2 Å². The zero-order valence-corrected chi connectivity index (χ0v) is 11.7. The summed E-state index contributed by atoms with van der Waals surface area (Å²) in [7, 11) is 0. The molecule has 1 aromatic heterocycles. The minimum atomic E-state index is -0.520. The molecule has 0 aromatic carbocycles. The topological polar surface area (TPSA) is 55.4 Å². The van der Waals surface area contributed by atoms with Crippen molar-refractivity contribution in [3.8, 4) is 0 Å². The van der Waals surface area contributed by atoms with Gasteiger partial charge >= 0.3 is 5.97 Å². The van der Waals surface area contributed by atoms with E-state index in [1.165, 1.54) is 10.4 Å². The van der Waals surface area contributed by atoms with Gasteiger partial charge < -0.3 is 10.1 Å². The molecule has 2 atom stereocenters. The molecule has 1 fully saturated rings. The van der Waals surface area contributed by atoms with Crippen molar-refractivity contribution in [2.75, 3.05) is 6.61 Å².